The molecule has 5 heteroatoms. The minimum Gasteiger partial charge on any atom is -0.497 e. The highest BCUT2D eigenvalue weighted by Crippen LogP contribution is 2.16. The first-order valence-electron chi connectivity index (χ1n) is 4.79. The van der Waals surface area contributed by atoms with E-state index in [1.54, 1.807) is 26.2 Å². The van der Waals surface area contributed by atoms with Crippen molar-refractivity contribution in [2.24, 2.45) is 5.73 Å². The largest absolute Gasteiger partial charge is 0.497 e. The predicted molar refractivity (Wildman–Crippen MR) is 58.7 cm³/mol. The Hall–Kier alpha value is -2.04. The zero-order chi connectivity index (χ0) is 12.1. The van der Waals surface area contributed by atoms with Crippen molar-refractivity contribution in [3.63, 3.8) is 0 Å². The van der Waals surface area contributed by atoms with Gasteiger partial charge in [0.2, 0.25) is 0 Å². The third-order valence-electron chi connectivity index (χ3n) is 2.19. The highest BCUT2D eigenvalue weighted by molar-refractivity contribution is 6.34. The molecule has 0 saturated heterocycles. The van der Waals surface area contributed by atoms with Crippen LogP contribution in [-0.4, -0.2) is 18.9 Å². The molecule has 0 heterocycles. The van der Waals surface area contributed by atoms with Gasteiger partial charge in [-0.15, -0.1) is 0 Å². The van der Waals surface area contributed by atoms with E-state index in [0.29, 0.717) is 0 Å². The highest BCUT2D eigenvalue weighted by Gasteiger charge is 2.13. The van der Waals surface area contributed by atoms with Gasteiger partial charge >= 0.3 is 11.8 Å². The number of nitrogens with two attached hydrogens (primary N) is 1. The number of rotatable bonds is 3. The fraction of sp³-hybridized carbons (Fsp3) is 0.273. The fourth-order valence-corrected chi connectivity index (χ4v) is 1.24. The molecule has 0 saturated carbocycles. The van der Waals surface area contributed by atoms with Crippen LogP contribution in [-0.2, 0) is 9.59 Å². The number of benzene rings is 1. The molecule has 0 spiro atoms. The maximum absolute atomic E-state index is 11.0. The predicted octanol–water partition coefficient (Wildman–Crippen LogP) is 0.358. The van der Waals surface area contributed by atoms with Gasteiger partial charge in [0.1, 0.15) is 5.75 Å². The summed E-state index contributed by atoms with van der Waals surface area (Å²) in [5, 5.41) is 2.48. The topological polar surface area (TPSA) is 81.4 Å². The van der Waals surface area contributed by atoms with E-state index in [1.807, 2.05) is 12.1 Å². The Morgan fingerprint density at radius 3 is 2.31 bits per heavy atom. The maximum Gasteiger partial charge on any atom is 0.309 e. The number of primary amides is 1. The number of carbonyl (C=O) groups is 2. The van der Waals surface area contributed by atoms with Crippen molar-refractivity contribution >= 4 is 11.8 Å². The molecule has 0 fully saturated rings. The second-order valence-corrected chi connectivity index (χ2v) is 3.33. The van der Waals surface area contributed by atoms with Crippen molar-refractivity contribution in [3.8, 4) is 5.75 Å². The quantitative estimate of drug-likeness (QED) is 0.724. The first kappa shape index (κ1) is 12.0. The van der Waals surface area contributed by atoms with Crippen LogP contribution in [0.1, 0.15) is 18.5 Å². The minimum absolute atomic E-state index is 0.272. The first-order valence-corrected chi connectivity index (χ1v) is 4.79. The molecule has 0 aliphatic rings. The normalized spacial score (nSPS) is 11.6. The monoisotopic (exact) mass is 222 g/mol. The van der Waals surface area contributed by atoms with Crippen LogP contribution < -0.4 is 15.8 Å². The van der Waals surface area contributed by atoms with Gasteiger partial charge in [0.25, 0.3) is 0 Å². The van der Waals surface area contributed by atoms with Gasteiger partial charge < -0.3 is 15.8 Å². The second kappa shape index (κ2) is 5.16. The van der Waals surface area contributed by atoms with Gasteiger partial charge in [-0.05, 0) is 24.6 Å². The molecule has 16 heavy (non-hydrogen) atoms. The van der Waals surface area contributed by atoms with Crippen molar-refractivity contribution in [3.05, 3.63) is 29.8 Å². The number of hydrogen-bond donors (Lipinski definition) is 2. The van der Waals surface area contributed by atoms with E-state index >= 15 is 0 Å². The average Bonchev–Trinajstić information content (AvgIpc) is 2.28. The van der Waals surface area contributed by atoms with Crippen LogP contribution in [0.4, 0.5) is 0 Å². The maximum atomic E-state index is 11.0. The molecule has 5 nitrogen and oxygen atoms in total. The lowest BCUT2D eigenvalue weighted by molar-refractivity contribution is -0.137. The summed E-state index contributed by atoms with van der Waals surface area (Å²) in [5.41, 5.74) is 5.71. The van der Waals surface area contributed by atoms with Crippen LogP contribution in [0.3, 0.4) is 0 Å². The van der Waals surface area contributed by atoms with Crippen LogP contribution in [0.25, 0.3) is 0 Å². The molecule has 0 bridgehead atoms. The average molecular weight is 222 g/mol. The van der Waals surface area contributed by atoms with E-state index in [2.05, 4.69) is 5.32 Å². The van der Waals surface area contributed by atoms with Gasteiger partial charge in [-0.1, -0.05) is 12.1 Å². The van der Waals surface area contributed by atoms with E-state index in [1.165, 1.54) is 0 Å². The summed E-state index contributed by atoms with van der Waals surface area (Å²) in [5.74, 6) is -1.04. The number of carbonyl (C=O) groups excluding carboxylic acids is 2. The lowest BCUT2D eigenvalue weighted by Gasteiger charge is -2.13. The third-order valence-corrected chi connectivity index (χ3v) is 2.19. The number of hydrogen-bond acceptors (Lipinski definition) is 3. The molecule has 3 N–H and O–H groups in total. The van der Waals surface area contributed by atoms with Crippen LogP contribution >= 0.6 is 0 Å². The van der Waals surface area contributed by atoms with Crippen LogP contribution in [0.15, 0.2) is 24.3 Å². The standard InChI is InChI=1S/C11H14N2O3/c1-7(13-11(15)10(12)14)8-3-5-9(16-2)6-4-8/h3-7H,1-2H3,(H2,12,14)(H,13,15)/t7-/m1/s1. The smallest absolute Gasteiger partial charge is 0.309 e. The zero-order valence-corrected chi connectivity index (χ0v) is 9.19. The molecule has 1 rings (SSSR count). The molecule has 1 aromatic rings. The van der Waals surface area contributed by atoms with Gasteiger partial charge in [-0.2, -0.15) is 0 Å². The third kappa shape index (κ3) is 2.98. The van der Waals surface area contributed by atoms with Gasteiger partial charge in [-0.25, -0.2) is 0 Å². The zero-order valence-electron chi connectivity index (χ0n) is 9.19. The van der Waals surface area contributed by atoms with Gasteiger partial charge in [-0.3, -0.25) is 9.59 Å². The molecule has 1 aromatic carbocycles. The molecule has 0 radical (unpaired) electrons. The fourth-order valence-electron chi connectivity index (χ4n) is 1.24. The number of amides is 2. The van der Waals surface area contributed by atoms with E-state index in [0.717, 1.165) is 11.3 Å². The minimum atomic E-state index is -0.986. The molecule has 2 amide bonds. The molecular formula is C11H14N2O3. The van der Waals surface area contributed by atoms with Crippen molar-refractivity contribution in [2.45, 2.75) is 13.0 Å². The van der Waals surface area contributed by atoms with Crippen LogP contribution in [0.5, 0.6) is 5.75 Å². The summed E-state index contributed by atoms with van der Waals surface area (Å²) in [6.45, 7) is 1.77. The van der Waals surface area contributed by atoms with Crippen molar-refractivity contribution in [1.82, 2.24) is 5.32 Å². The molecule has 0 unspecified atom stereocenters. The SMILES string of the molecule is COc1ccc([C@@H](C)NC(=O)C(N)=O)cc1. The van der Waals surface area contributed by atoms with Gasteiger partial charge in [0, 0.05) is 0 Å². The summed E-state index contributed by atoms with van der Waals surface area (Å²) < 4.78 is 5.01. The van der Waals surface area contributed by atoms with E-state index in [-0.39, 0.29) is 6.04 Å². The lowest BCUT2D eigenvalue weighted by atomic mass is 10.1. The summed E-state index contributed by atoms with van der Waals surface area (Å²) >= 11 is 0. The Bertz CT molecular complexity index is 387. The molecule has 0 aliphatic carbocycles. The first-order chi connectivity index (χ1) is 7.54. The van der Waals surface area contributed by atoms with Gasteiger partial charge in [0.15, 0.2) is 0 Å². The lowest BCUT2D eigenvalue weighted by Crippen LogP contribution is -2.37. The number of methoxy groups -OCH3 is 1. The molecule has 0 aromatic heterocycles. The Labute approximate surface area is 93.6 Å². The molecule has 1 atom stereocenters. The van der Waals surface area contributed by atoms with Crippen LogP contribution in [0.2, 0.25) is 0 Å². The Morgan fingerprint density at radius 2 is 1.88 bits per heavy atom. The summed E-state index contributed by atoms with van der Waals surface area (Å²) in [6.07, 6.45) is 0. The Morgan fingerprint density at radius 1 is 1.31 bits per heavy atom. The molecule has 0 aliphatic heterocycles. The van der Waals surface area contributed by atoms with Crippen molar-refractivity contribution < 1.29 is 14.3 Å². The van der Waals surface area contributed by atoms with E-state index in [9.17, 15) is 9.59 Å². The summed E-state index contributed by atoms with van der Waals surface area (Å²) in [4.78, 5) is 21.6. The van der Waals surface area contributed by atoms with E-state index in [4.69, 9.17) is 10.5 Å². The molecular weight excluding hydrogens is 208 g/mol. The van der Waals surface area contributed by atoms with Gasteiger partial charge in [0.05, 0.1) is 13.2 Å². The summed E-state index contributed by atoms with van der Waals surface area (Å²) in [7, 11) is 1.58. The highest BCUT2D eigenvalue weighted by atomic mass is 16.5. The van der Waals surface area contributed by atoms with Crippen LogP contribution in [0, 0.1) is 0 Å². The Kier molecular flexibility index (Phi) is 3.88. The van der Waals surface area contributed by atoms with Crippen molar-refractivity contribution in [1.29, 1.82) is 0 Å². The summed E-state index contributed by atoms with van der Waals surface area (Å²) in [6, 6.07) is 6.91. The van der Waals surface area contributed by atoms with Crippen molar-refractivity contribution in [2.75, 3.05) is 7.11 Å². The Balaban J connectivity index is 2.69. The molecule has 86 valence electrons. The van der Waals surface area contributed by atoms with E-state index < -0.39 is 11.8 Å². The number of ether oxygens (including phenoxy) is 1. The second-order valence-electron chi connectivity index (χ2n) is 3.33. The number of nitrogens with one attached hydrogen (secondary N) is 1.